The molecule has 112 valence electrons. The summed E-state index contributed by atoms with van der Waals surface area (Å²) in [5.74, 6) is 0. The van der Waals surface area contributed by atoms with Crippen molar-refractivity contribution in [3.63, 3.8) is 0 Å². The SMILES string of the molecule is CC.CC.Cc1cccc(C)c1C.Nc1ccccc1. The molecule has 2 rings (SSSR count). The lowest BCUT2D eigenvalue weighted by Crippen LogP contribution is -1.82. The van der Waals surface area contributed by atoms with Crippen LogP contribution in [-0.4, -0.2) is 0 Å². The van der Waals surface area contributed by atoms with Crippen molar-refractivity contribution in [3.05, 3.63) is 65.2 Å². The predicted octanol–water partition coefficient (Wildman–Crippen LogP) is 5.93. The molecule has 0 atom stereocenters. The number of rotatable bonds is 0. The average Bonchev–Trinajstić information content (AvgIpc) is 2.50. The van der Waals surface area contributed by atoms with Crippen molar-refractivity contribution in [3.8, 4) is 0 Å². The highest BCUT2D eigenvalue weighted by Crippen LogP contribution is 2.09. The molecule has 0 aliphatic heterocycles. The summed E-state index contributed by atoms with van der Waals surface area (Å²) in [6.07, 6.45) is 0. The van der Waals surface area contributed by atoms with Gasteiger partial charge in [0.2, 0.25) is 0 Å². The lowest BCUT2D eigenvalue weighted by molar-refractivity contribution is 1.27. The zero-order chi connectivity index (χ0) is 16.0. The summed E-state index contributed by atoms with van der Waals surface area (Å²) >= 11 is 0. The Bertz CT molecular complexity index is 413. The minimum Gasteiger partial charge on any atom is -0.399 e. The molecular weight excluding hydrogens is 242 g/mol. The third-order valence-electron chi connectivity index (χ3n) is 2.68. The minimum absolute atomic E-state index is 0.822. The van der Waals surface area contributed by atoms with Gasteiger partial charge in [0.15, 0.2) is 0 Å². The van der Waals surface area contributed by atoms with Crippen LogP contribution in [0.2, 0.25) is 0 Å². The molecule has 2 aromatic carbocycles. The molecule has 0 aliphatic rings. The molecule has 1 heteroatoms. The maximum absolute atomic E-state index is 5.36. The van der Waals surface area contributed by atoms with Crippen LogP contribution in [0.3, 0.4) is 0 Å². The molecule has 0 heterocycles. The Labute approximate surface area is 125 Å². The van der Waals surface area contributed by atoms with Gasteiger partial charge in [-0.1, -0.05) is 64.1 Å². The van der Waals surface area contributed by atoms with E-state index in [1.807, 2.05) is 58.0 Å². The van der Waals surface area contributed by atoms with E-state index in [2.05, 4.69) is 39.0 Å². The van der Waals surface area contributed by atoms with Crippen LogP contribution < -0.4 is 5.73 Å². The molecule has 0 aromatic heterocycles. The Morgan fingerprint density at radius 1 is 0.600 bits per heavy atom. The van der Waals surface area contributed by atoms with E-state index in [0.29, 0.717) is 0 Å². The Kier molecular flexibility index (Phi) is 14.0. The highest BCUT2D eigenvalue weighted by atomic mass is 14.5. The molecule has 0 unspecified atom stereocenters. The number of para-hydroxylation sites is 1. The summed E-state index contributed by atoms with van der Waals surface area (Å²) in [6, 6.07) is 15.9. The molecule has 1 nitrogen and oxygen atoms in total. The Morgan fingerprint density at radius 3 is 1.25 bits per heavy atom. The van der Waals surface area contributed by atoms with Crippen LogP contribution in [0.1, 0.15) is 44.4 Å². The molecule has 0 amide bonds. The van der Waals surface area contributed by atoms with Gasteiger partial charge in [-0.05, 0) is 49.6 Å². The van der Waals surface area contributed by atoms with Crippen LogP contribution in [0.15, 0.2) is 48.5 Å². The monoisotopic (exact) mass is 273 g/mol. The fraction of sp³-hybridized carbons (Fsp3) is 0.368. The zero-order valence-electron chi connectivity index (χ0n) is 14.2. The van der Waals surface area contributed by atoms with Crippen LogP contribution >= 0.6 is 0 Å². The summed E-state index contributed by atoms with van der Waals surface area (Å²) in [7, 11) is 0. The molecule has 0 aliphatic carbocycles. The number of benzene rings is 2. The van der Waals surface area contributed by atoms with Gasteiger partial charge in [0.1, 0.15) is 0 Å². The van der Waals surface area contributed by atoms with Gasteiger partial charge in [-0.15, -0.1) is 0 Å². The second-order valence-electron chi connectivity index (χ2n) is 3.93. The van der Waals surface area contributed by atoms with Gasteiger partial charge in [0.05, 0.1) is 0 Å². The molecular formula is C19H31N. The van der Waals surface area contributed by atoms with Gasteiger partial charge in [-0.3, -0.25) is 0 Å². The summed E-state index contributed by atoms with van der Waals surface area (Å²) < 4.78 is 0. The van der Waals surface area contributed by atoms with Gasteiger partial charge in [0, 0.05) is 5.69 Å². The second-order valence-corrected chi connectivity index (χ2v) is 3.93. The molecule has 0 spiro atoms. The van der Waals surface area contributed by atoms with Crippen LogP contribution in [0.25, 0.3) is 0 Å². The first-order valence-corrected chi connectivity index (χ1v) is 7.44. The van der Waals surface area contributed by atoms with Crippen LogP contribution in [0.4, 0.5) is 5.69 Å². The number of anilines is 1. The first-order chi connectivity index (χ1) is 9.61. The number of nitrogen functional groups attached to an aromatic ring is 1. The maximum Gasteiger partial charge on any atom is 0.0313 e. The van der Waals surface area contributed by atoms with Crippen LogP contribution in [0.5, 0.6) is 0 Å². The number of hydrogen-bond acceptors (Lipinski definition) is 1. The summed E-state index contributed by atoms with van der Waals surface area (Å²) in [5, 5.41) is 0. The predicted molar refractivity (Wildman–Crippen MR) is 94.2 cm³/mol. The zero-order valence-corrected chi connectivity index (χ0v) is 14.2. The quantitative estimate of drug-likeness (QED) is 0.591. The molecule has 0 saturated heterocycles. The normalized spacial score (nSPS) is 7.95. The molecule has 2 aromatic rings. The van der Waals surface area contributed by atoms with E-state index in [-0.39, 0.29) is 0 Å². The second kappa shape index (κ2) is 13.7. The third-order valence-corrected chi connectivity index (χ3v) is 2.68. The van der Waals surface area contributed by atoms with Crippen molar-refractivity contribution < 1.29 is 0 Å². The summed E-state index contributed by atoms with van der Waals surface area (Å²) in [4.78, 5) is 0. The highest BCUT2D eigenvalue weighted by Gasteiger charge is 1.91. The van der Waals surface area contributed by atoms with Crippen LogP contribution in [-0.2, 0) is 0 Å². The van der Waals surface area contributed by atoms with E-state index in [1.165, 1.54) is 16.7 Å². The standard InChI is InChI=1S/C9H12.C6H7N.2C2H6/c1-7-5-4-6-8(2)9(7)3;7-6-4-2-1-3-5-6;2*1-2/h4-6H,1-3H3;1-5H,7H2;2*1-2H3. The van der Waals surface area contributed by atoms with E-state index < -0.39 is 0 Å². The number of nitrogens with two attached hydrogens (primary N) is 1. The van der Waals surface area contributed by atoms with E-state index in [1.54, 1.807) is 0 Å². The van der Waals surface area contributed by atoms with Crippen molar-refractivity contribution in [2.75, 3.05) is 5.73 Å². The largest absolute Gasteiger partial charge is 0.399 e. The highest BCUT2D eigenvalue weighted by molar-refractivity contribution is 5.35. The van der Waals surface area contributed by atoms with Gasteiger partial charge in [-0.25, -0.2) is 0 Å². The first-order valence-electron chi connectivity index (χ1n) is 7.44. The molecule has 0 radical (unpaired) electrons. The van der Waals surface area contributed by atoms with Crippen molar-refractivity contribution >= 4 is 5.69 Å². The fourth-order valence-corrected chi connectivity index (χ4v) is 1.35. The van der Waals surface area contributed by atoms with Gasteiger partial charge < -0.3 is 5.73 Å². The van der Waals surface area contributed by atoms with E-state index in [4.69, 9.17) is 5.73 Å². The molecule has 0 fully saturated rings. The Hall–Kier alpha value is -1.76. The van der Waals surface area contributed by atoms with E-state index in [9.17, 15) is 0 Å². The molecule has 20 heavy (non-hydrogen) atoms. The van der Waals surface area contributed by atoms with E-state index >= 15 is 0 Å². The number of aryl methyl sites for hydroxylation is 2. The first kappa shape index (κ1) is 20.6. The van der Waals surface area contributed by atoms with Gasteiger partial charge in [-0.2, -0.15) is 0 Å². The maximum atomic E-state index is 5.36. The smallest absolute Gasteiger partial charge is 0.0313 e. The lowest BCUT2D eigenvalue weighted by atomic mass is 10.1. The van der Waals surface area contributed by atoms with Gasteiger partial charge >= 0.3 is 0 Å². The number of hydrogen-bond donors (Lipinski definition) is 1. The van der Waals surface area contributed by atoms with Crippen LogP contribution in [0, 0.1) is 20.8 Å². The fourth-order valence-electron chi connectivity index (χ4n) is 1.35. The molecule has 2 N–H and O–H groups in total. The summed E-state index contributed by atoms with van der Waals surface area (Å²) in [5.41, 5.74) is 10.4. The molecule has 0 bridgehead atoms. The van der Waals surface area contributed by atoms with Crippen molar-refractivity contribution in [1.29, 1.82) is 0 Å². The molecule has 0 saturated carbocycles. The summed E-state index contributed by atoms with van der Waals surface area (Å²) in [6.45, 7) is 14.4. The van der Waals surface area contributed by atoms with Crippen molar-refractivity contribution in [2.45, 2.75) is 48.5 Å². The van der Waals surface area contributed by atoms with E-state index in [0.717, 1.165) is 5.69 Å². The Balaban J connectivity index is 0. The Morgan fingerprint density at radius 2 is 1.00 bits per heavy atom. The van der Waals surface area contributed by atoms with Gasteiger partial charge in [0.25, 0.3) is 0 Å². The minimum atomic E-state index is 0.822. The van der Waals surface area contributed by atoms with Crippen molar-refractivity contribution in [1.82, 2.24) is 0 Å². The average molecular weight is 273 g/mol. The lowest BCUT2D eigenvalue weighted by Gasteiger charge is -2.00. The third kappa shape index (κ3) is 9.21. The topological polar surface area (TPSA) is 26.0 Å². The van der Waals surface area contributed by atoms with Crippen molar-refractivity contribution in [2.24, 2.45) is 0 Å².